The Balaban J connectivity index is 1.38. The number of carbonyl (C=O) groups excluding carboxylic acids is 4. The zero-order valence-electron chi connectivity index (χ0n) is 21.4. The molecule has 1 saturated heterocycles. The summed E-state index contributed by atoms with van der Waals surface area (Å²) in [5.74, 6) is -1.19. The number of nitrogens with zero attached hydrogens (tertiary/aromatic N) is 2. The van der Waals surface area contributed by atoms with E-state index in [2.05, 4.69) is 5.32 Å². The predicted octanol–water partition coefficient (Wildman–Crippen LogP) is 4.02. The van der Waals surface area contributed by atoms with Crippen molar-refractivity contribution in [2.45, 2.75) is 45.6 Å². The average molecular weight is 500 g/mol. The number of aryl methyl sites for hydroxylation is 3. The monoisotopic (exact) mass is 499 g/mol. The Labute approximate surface area is 215 Å². The largest absolute Gasteiger partial charge is 0.465 e. The number of urea groups is 1. The SMILES string of the molecule is COC(=O)c1ccc(-n2c(C)cc(C(=O)CN3C(=O)NC(C)(c4ccc5c(c4)CCC5)C3=O)c2C)cc1. The Kier molecular flexibility index (Phi) is 5.98. The van der Waals surface area contributed by atoms with E-state index in [0.717, 1.165) is 41.1 Å². The molecule has 2 heterocycles. The van der Waals surface area contributed by atoms with Gasteiger partial charge in [-0.1, -0.05) is 18.2 Å². The number of esters is 1. The number of aromatic nitrogens is 1. The van der Waals surface area contributed by atoms with Gasteiger partial charge in [-0.25, -0.2) is 9.59 Å². The van der Waals surface area contributed by atoms with Crippen LogP contribution in [0.15, 0.2) is 48.5 Å². The molecule has 3 amide bonds. The lowest BCUT2D eigenvalue weighted by molar-refractivity contribution is -0.130. The summed E-state index contributed by atoms with van der Waals surface area (Å²) < 4.78 is 6.65. The van der Waals surface area contributed by atoms with Gasteiger partial charge in [-0.2, -0.15) is 0 Å². The van der Waals surface area contributed by atoms with Crippen LogP contribution in [0.4, 0.5) is 4.79 Å². The standard InChI is InChI=1S/C29H29N3O5/c1-17-14-24(18(2)32(17)23-12-9-20(10-13-23)26(34)37-4)25(33)16-31-27(35)29(3,30-28(31)36)22-11-8-19-6-5-7-21(19)15-22/h8-15H,5-7,16H2,1-4H3,(H,30,36). The minimum Gasteiger partial charge on any atom is -0.465 e. The van der Waals surface area contributed by atoms with Gasteiger partial charge >= 0.3 is 12.0 Å². The number of amides is 3. The molecule has 3 aromatic rings. The van der Waals surface area contributed by atoms with E-state index in [4.69, 9.17) is 4.74 Å². The maximum absolute atomic E-state index is 13.4. The molecule has 1 atom stereocenters. The van der Waals surface area contributed by atoms with Crippen LogP contribution in [0.1, 0.15) is 62.1 Å². The molecule has 0 saturated carbocycles. The smallest absolute Gasteiger partial charge is 0.337 e. The molecule has 1 unspecified atom stereocenters. The molecule has 190 valence electrons. The summed E-state index contributed by atoms with van der Waals surface area (Å²) in [7, 11) is 1.33. The number of nitrogens with one attached hydrogen (secondary N) is 1. The van der Waals surface area contributed by atoms with E-state index >= 15 is 0 Å². The van der Waals surface area contributed by atoms with Gasteiger partial charge in [0.25, 0.3) is 5.91 Å². The van der Waals surface area contributed by atoms with Gasteiger partial charge in [0.15, 0.2) is 5.78 Å². The molecule has 5 rings (SSSR count). The van der Waals surface area contributed by atoms with Crippen molar-refractivity contribution in [3.63, 3.8) is 0 Å². The number of imide groups is 1. The molecule has 1 aliphatic carbocycles. The number of ether oxygens (including phenoxy) is 1. The first-order chi connectivity index (χ1) is 17.6. The van der Waals surface area contributed by atoms with Crippen molar-refractivity contribution < 1.29 is 23.9 Å². The van der Waals surface area contributed by atoms with Crippen LogP contribution in [-0.2, 0) is 27.9 Å². The minimum atomic E-state index is -1.22. The van der Waals surface area contributed by atoms with E-state index < -0.39 is 23.4 Å². The molecule has 8 heteroatoms. The number of benzene rings is 2. The summed E-state index contributed by atoms with van der Waals surface area (Å²) in [6, 6.07) is 14.0. The third kappa shape index (κ3) is 4.02. The van der Waals surface area contributed by atoms with Crippen molar-refractivity contribution in [2.75, 3.05) is 13.7 Å². The fourth-order valence-electron chi connectivity index (χ4n) is 5.45. The molecule has 2 aromatic carbocycles. The summed E-state index contributed by atoms with van der Waals surface area (Å²) in [5.41, 5.74) is 5.14. The van der Waals surface area contributed by atoms with E-state index in [1.165, 1.54) is 18.2 Å². The fourth-order valence-corrected chi connectivity index (χ4v) is 5.45. The van der Waals surface area contributed by atoms with Crippen LogP contribution >= 0.6 is 0 Å². The zero-order chi connectivity index (χ0) is 26.5. The van der Waals surface area contributed by atoms with Gasteiger partial charge in [-0.05, 0) is 87.1 Å². The zero-order valence-corrected chi connectivity index (χ0v) is 21.4. The lowest BCUT2D eigenvalue weighted by Gasteiger charge is -2.23. The van der Waals surface area contributed by atoms with E-state index in [9.17, 15) is 19.2 Å². The van der Waals surface area contributed by atoms with Crippen LogP contribution in [0.3, 0.4) is 0 Å². The number of rotatable bonds is 6. The lowest BCUT2D eigenvalue weighted by Crippen LogP contribution is -2.41. The Morgan fingerprint density at radius 2 is 1.70 bits per heavy atom. The highest BCUT2D eigenvalue weighted by molar-refractivity contribution is 6.11. The topological polar surface area (TPSA) is 97.7 Å². The Morgan fingerprint density at radius 3 is 2.41 bits per heavy atom. The molecule has 37 heavy (non-hydrogen) atoms. The average Bonchev–Trinajstić information content (AvgIpc) is 3.54. The number of hydrogen-bond donors (Lipinski definition) is 1. The van der Waals surface area contributed by atoms with E-state index in [0.29, 0.717) is 16.8 Å². The first-order valence-corrected chi connectivity index (χ1v) is 12.3. The molecular formula is C29H29N3O5. The van der Waals surface area contributed by atoms with Gasteiger partial charge in [0.2, 0.25) is 0 Å². The molecule has 8 nitrogen and oxygen atoms in total. The maximum atomic E-state index is 13.4. The molecule has 1 aliphatic heterocycles. The Morgan fingerprint density at radius 1 is 1.00 bits per heavy atom. The normalized spacial score (nSPS) is 18.6. The molecule has 0 radical (unpaired) electrons. The summed E-state index contributed by atoms with van der Waals surface area (Å²) in [6.45, 7) is 5.03. The summed E-state index contributed by atoms with van der Waals surface area (Å²) >= 11 is 0. The van der Waals surface area contributed by atoms with Crippen LogP contribution in [0.25, 0.3) is 5.69 Å². The van der Waals surface area contributed by atoms with Crippen molar-refractivity contribution in [3.8, 4) is 5.69 Å². The highest BCUT2D eigenvalue weighted by Crippen LogP contribution is 2.33. The lowest BCUT2D eigenvalue weighted by atomic mass is 9.89. The van der Waals surface area contributed by atoms with Crippen LogP contribution in [0, 0.1) is 13.8 Å². The van der Waals surface area contributed by atoms with Crippen molar-refractivity contribution in [1.29, 1.82) is 0 Å². The molecule has 1 aromatic heterocycles. The third-order valence-electron chi connectivity index (χ3n) is 7.53. The van der Waals surface area contributed by atoms with E-state index in [-0.39, 0.29) is 12.3 Å². The molecule has 1 N–H and O–H groups in total. The Hall–Kier alpha value is -4.20. The van der Waals surface area contributed by atoms with E-state index in [1.54, 1.807) is 37.3 Å². The Bertz CT molecular complexity index is 1450. The molecular weight excluding hydrogens is 470 g/mol. The highest BCUT2D eigenvalue weighted by atomic mass is 16.5. The maximum Gasteiger partial charge on any atom is 0.337 e. The number of carbonyl (C=O) groups is 4. The quantitative estimate of drug-likeness (QED) is 0.314. The predicted molar refractivity (Wildman–Crippen MR) is 137 cm³/mol. The van der Waals surface area contributed by atoms with Gasteiger partial charge in [0.05, 0.1) is 19.2 Å². The van der Waals surface area contributed by atoms with Crippen LogP contribution < -0.4 is 5.32 Å². The first-order valence-electron chi connectivity index (χ1n) is 12.3. The van der Waals surface area contributed by atoms with Gasteiger partial charge in [0.1, 0.15) is 5.54 Å². The van der Waals surface area contributed by atoms with Crippen LogP contribution in [0.2, 0.25) is 0 Å². The van der Waals surface area contributed by atoms with Gasteiger partial charge in [-0.15, -0.1) is 0 Å². The number of hydrogen-bond acceptors (Lipinski definition) is 5. The van der Waals surface area contributed by atoms with Gasteiger partial charge in [0, 0.05) is 22.6 Å². The summed E-state index contributed by atoms with van der Waals surface area (Å²) in [6.07, 6.45) is 3.08. The van der Waals surface area contributed by atoms with Crippen LogP contribution in [-0.4, -0.2) is 46.8 Å². The molecule has 0 bridgehead atoms. The van der Waals surface area contributed by atoms with Crippen LogP contribution in [0.5, 0.6) is 0 Å². The van der Waals surface area contributed by atoms with Crippen molar-refractivity contribution in [1.82, 2.24) is 14.8 Å². The third-order valence-corrected chi connectivity index (χ3v) is 7.53. The van der Waals surface area contributed by atoms with Crippen molar-refractivity contribution in [2.24, 2.45) is 0 Å². The number of ketones is 1. The second-order valence-electron chi connectivity index (χ2n) is 9.87. The first kappa shape index (κ1) is 24.5. The minimum absolute atomic E-state index is 0.327. The molecule has 0 spiro atoms. The number of Topliss-reactive ketones (excluding diaryl/α,β-unsaturated/α-hetero) is 1. The van der Waals surface area contributed by atoms with Gasteiger partial charge in [-0.3, -0.25) is 14.5 Å². The number of fused-ring (bicyclic) bond motifs is 1. The molecule has 2 aliphatic rings. The number of methoxy groups -OCH3 is 1. The summed E-state index contributed by atoms with van der Waals surface area (Å²) in [4.78, 5) is 52.4. The van der Waals surface area contributed by atoms with E-state index in [1.807, 2.05) is 36.6 Å². The van der Waals surface area contributed by atoms with Gasteiger partial charge < -0.3 is 14.6 Å². The highest BCUT2D eigenvalue weighted by Gasteiger charge is 2.49. The van der Waals surface area contributed by atoms with Crippen molar-refractivity contribution >= 4 is 23.7 Å². The second-order valence-corrected chi connectivity index (χ2v) is 9.87. The molecule has 1 fully saturated rings. The summed E-state index contributed by atoms with van der Waals surface area (Å²) in [5, 5.41) is 2.81. The second kappa shape index (κ2) is 9.03. The van der Waals surface area contributed by atoms with Crippen molar-refractivity contribution in [3.05, 3.63) is 87.7 Å². The fraction of sp³-hybridized carbons (Fsp3) is 0.310.